The largest absolute Gasteiger partial charge is 0.349 e. The summed E-state index contributed by atoms with van der Waals surface area (Å²) in [6.45, 7) is 17.7. The highest BCUT2D eigenvalue weighted by molar-refractivity contribution is 8.89. The summed E-state index contributed by atoms with van der Waals surface area (Å²) in [6, 6.07) is 0. The second kappa shape index (κ2) is 12.2. The summed E-state index contributed by atoms with van der Waals surface area (Å²) in [5, 5.41) is 0. The van der Waals surface area contributed by atoms with Crippen molar-refractivity contribution >= 4 is 54.7 Å². The van der Waals surface area contributed by atoms with E-state index in [1.165, 1.54) is 21.6 Å². The molecule has 110 valence electrons. The second-order valence-electron chi connectivity index (χ2n) is 3.66. The molecular formula is C14H20N2S4. The summed E-state index contributed by atoms with van der Waals surface area (Å²) in [5.74, 6) is 0. The molecule has 0 bridgehead atoms. The van der Waals surface area contributed by atoms with E-state index in [1.807, 2.05) is 34.1 Å². The molecule has 0 heterocycles. The molecule has 0 aromatic rings. The van der Waals surface area contributed by atoms with Gasteiger partial charge in [-0.1, -0.05) is 48.7 Å². The van der Waals surface area contributed by atoms with Crippen molar-refractivity contribution in [2.24, 2.45) is 0 Å². The normalized spacial score (nSPS) is 9.40. The Hall–Kier alpha value is -0.560. The maximum Gasteiger partial charge on any atom is 0.148 e. The molecule has 2 nitrogen and oxygen atoms in total. The van der Waals surface area contributed by atoms with Gasteiger partial charge in [0.2, 0.25) is 0 Å². The van der Waals surface area contributed by atoms with Gasteiger partial charge < -0.3 is 9.80 Å². The molecular weight excluding hydrogens is 324 g/mol. The molecule has 0 saturated heterocycles. The first kappa shape index (κ1) is 19.4. The van der Waals surface area contributed by atoms with Gasteiger partial charge in [0.25, 0.3) is 0 Å². The van der Waals surface area contributed by atoms with E-state index in [0.717, 1.165) is 8.64 Å². The molecule has 0 fully saturated rings. The van der Waals surface area contributed by atoms with Crippen molar-refractivity contribution in [2.75, 3.05) is 26.2 Å². The third-order valence-electron chi connectivity index (χ3n) is 2.10. The highest BCUT2D eigenvalue weighted by atomic mass is 33.1. The molecule has 0 rings (SSSR count). The zero-order valence-corrected chi connectivity index (χ0v) is 14.8. The highest BCUT2D eigenvalue weighted by Gasteiger charge is 2.12. The highest BCUT2D eigenvalue weighted by Crippen LogP contribution is 2.28. The van der Waals surface area contributed by atoms with E-state index in [-0.39, 0.29) is 0 Å². The molecule has 0 aromatic carbocycles. The second-order valence-corrected chi connectivity index (χ2v) is 7.06. The fraction of sp³-hybridized carbons (Fsp3) is 0.286. The molecule has 0 radical (unpaired) electrons. The van der Waals surface area contributed by atoms with Gasteiger partial charge in [0.15, 0.2) is 0 Å². The molecule has 20 heavy (non-hydrogen) atoms. The van der Waals surface area contributed by atoms with Crippen LogP contribution in [-0.2, 0) is 0 Å². The smallest absolute Gasteiger partial charge is 0.148 e. The van der Waals surface area contributed by atoms with E-state index >= 15 is 0 Å². The topological polar surface area (TPSA) is 6.48 Å². The van der Waals surface area contributed by atoms with Gasteiger partial charge in [-0.15, -0.1) is 26.3 Å². The lowest BCUT2D eigenvalue weighted by molar-refractivity contribution is 0.532. The van der Waals surface area contributed by atoms with Crippen molar-refractivity contribution in [3.8, 4) is 0 Å². The number of hydrogen-bond donors (Lipinski definition) is 0. The van der Waals surface area contributed by atoms with Crippen LogP contribution in [0.5, 0.6) is 0 Å². The van der Waals surface area contributed by atoms with Crippen LogP contribution < -0.4 is 0 Å². The van der Waals surface area contributed by atoms with Crippen molar-refractivity contribution in [3.63, 3.8) is 0 Å². The minimum Gasteiger partial charge on any atom is -0.349 e. The zero-order valence-electron chi connectivity index (χ0n) is 11.5. The predicted octanol–water partition coefficient (Wildman–Crippen LogP) is 4.29. The first-order valence-corrected chi connectivity index (χ1v) is 8.93. The van der Waals surface area contributed by atoms with Crippen LogP contribution in [0.2, 0.25) is 0 Å². The lowest BCUT2D eigenvalue weighted by Gasteiger charge is -2.24. The fourth-order valence-electron chi connectivity index (χ4n) is 1.25. The summed E-state index contributed by atoms with van der Waals surface area (Å²) in [5.41, 5.74) is 0. The maximum atomic E-state index is 5.39. The Morgan fingerprint density at radius 1 is 0.700 bits per heavy atom. The van der Waals surface area contributed by atoms with Gasteiger partial charge in [0.05, 0.1) is 0 Å². The van der Waals surface area contributed by atoms with Gasteiger partial charge in [-0.25, -0.2) is 0 Å². The van der Waals surface area contributed by atoms with Crippen LogP contribution >= 0.6 is 46.0 Å². The molecule has 0 aromatic heterocycles. The number of thiocarbonyl (C=S) groups is 2. The number of hydrogen-bond acceptors (Lipinski definition) is 4. The van der Waals surface area contributed by atoms with Crippen LogP contribution in [0, 0.1) is 0 Å². The van der Waals surface area contributed by atoms with Crippen LogP contribution in [0.25, 0.3) is 0 Å². The van der Waals surface area contributed by atoms with Gasteiger partial charge in [-0.3, -0.25) is 0 Å². The van der Waals surface area contributed by atoms with E-state index in [0.29, 0.717) is 26.2 Å². The van der Waals surface area contributed by atoms with Gasteiger partial charge in [-0.05, 0) is 21.6 Å². The van der Waals surface area contributed by atoms with Gasteiger partial charge >= 0.3 is 0 Å². The molecule has 0 N–H and O–H groups in total. The lowest BCUT2D eigenvalue weighted by Crippen LogP contribution is -2.29. The molecule has 0 aliphatic carbocycles. The monoisotopic (exact) mass is 344 g/mol. The number of nitrogens with zero attached hydrogens (tertiary/aromatic N) is 2. The van der Waals surface area contributed by atoms with Gasteiger partial charge in [0, 0.05) is 26.2 Å². The Labute approximate surface area is 141 Å². The van der Waals surface area contributed by atoms with Crippen molar-refractivity contribution in [1.82, 2.24) is 9.80 Å². The summed E-state index contributed by atoms with van der Waals surface area (Å²) < 4.78 is 1.55. The van der Waals surface area contributed by atoms with E-state index < -0.39 is 0 Å². The molecule has 0 atom stereocenters. The molecule has 6 heteroatoms. The Bertz CT molecular complexity index is 323. The lowest BCUT2D eigenvalue weighted by atomic mass is 10.5. The van der Waals surface area contributed by atoms with E-state index in [9.17, 15) is 0 Å². The van der Waals surface area contributed by atoms with E-state index in [4.69, 9.17) is 24.4 Å². The van der Waals surface area contributed by atoms with Gasteiger partial charge in [0.1, 0.15) is 8.64 Å². The molecule has 0 aliphatic rings. The quantitative estimate of drug-likeness (QED) is 0.365. The minimum absolute atomic E-state index is 0.703. The molecule has 0 spiro atoms. The summed E-state index contributed by atoms with van der Waals surface area (Å²) in [4.78, 5) is 4.03. The standard InChI is InChI=1S/C14H20N2S4/c1-5-9-15(10-6-2)13(17)19-20-14(18)16(11-7-3)12-8-4/h5-8H,1-4,9-12H2. The SMILES string of the molecule is C=CCN(CC=C)C(=S)SSC(=S)N(CC=C)CC=C. The summed E-state index contributed by atoms with van der Waals surface area (Å²) in [6.07, 6.45) is 7.28. The predicted molar refractivity (Wildman–Crippen MR) is 104 cm³/mol. The zero-order chi connectivity index (χ0) is 15.4. The molecule has 0 saturated carbocycles. The summed E-state index contributed by atoms with van der Waals surface area (Å²) >= 11 is 10.8. The average molecular weight is 345 g/mol. The van der Waals surface area contributed by atoms with Crippen molar-refractivity contribution in [2.45, 2.75) is 0 Å². The van der Waals surface area contributed by atoms with Gasteiger partial charge in [-0.2, -0.15) is 0 Å². The third-order valence-corrected chi connectivity index (χ3v) is 5.83. The van der Waals surface area contributed by atoms with E-state index in [2.05, 4.69) is 26.3 Å². The molecule has 0 aliphatic heterocycles. The maximum absolute atomic E-state index is 5.39. The molecule has 0 unspecified atom stereocenters. The van der Waals surface area contributed by atoms with Crippen LogP contribution in [0.3, 0.4) is 0 Å². The number of rotatable bonds is 8. The Balaban J connectivity index is 4.41. The molecule has 0 amide bonds. The van der Waals surface area contributed by atoms with Crippen LogP contribution in [0.15, 0.2) is 50.6 Å². The van der Waals surface area contributed by atoms with Crippen molar-refractivity contribution in [1.29, 1.82) is 0 Å². The minimum atomic E-state index is 0.703. The first-order chi connectivity index (χ1) is 9.60. The first-order valence-electron chi connectivity index (χ1n) is 5.96. The van der Waals surface area contributed by atoms with E-state index in [1.54, 1.807) is 0 Å². The summed E-state index contributed by atoms with van der Waals surface area (Å²) in [7, 11) is 2.96. The Morgan fingerprint density at radius 3 is 1.15 bits per heavy atom. The third kappa shape index (κ3) is 7.89. The van der Waals surface area contributed by atoms with Crippen molar-refractivity contribution in [3.05, 3.63) is 50.6 Å². The fourth-order valence-corrected chi connectivity index (χ4v) is 3.87. The van der Waals surface area contributed by atoms with Crippen LogP contribution in [0.1, 0.15) is 0 Å². The Kier molecular flexibility index (Phi) is 11.9. The Morgan fingerprint density at radius 2 is 0.950 bits per heavy atom. The average Bonchev–Trinajstić information content (AvgIpc) is 2.44. The van der Waals surface area contributed by atoms with Crippen LogP contribution in [0.4, 0.5) is 0 Å². The van der Waals surface area contributed by atoms with Crippen molar-refractivity contribution < 1.29 is 0 Å². The van der Waals surface area contributed by atoms with Crippen LogP contribution in [-0.4, -0.2) is 44.6 Å².